The van der Waals surface area contributed by atoms with Gasteiger partial charge < -0.3 is 11.1 Å². The van der Waals surface area contributed by atoms with Crippen molar-refractivity contribution in [2.75, 3.05) is 12.4 Å². The maximum atomic E-state index is 5.84. The Morgan fingerprint density at radius 2 is 2.12 bits per heavy atom. The van der Waals surface area contributed by atoms with Gasteiger partial charge in [0.2, 0.25) is 5.95 Å². The van der Waals surface area contributed by atoms with Crippen LogP contribution in [0.1, 0.15) is 44.5 Å². The molecule has 90 valence electrons. The van der Waals surface area contributed by atoms with Crippen LogP contribution in [-0.4, -0.2) is 27.9 Å². The molecule has 2 rings (SSSR count). The second kappa shape index (κ2) is 4.82. The van der Waals surface area contributed by atoms with Gasteiger partial charge in [0, 0.05) is 25.6 Å². The van der Waals surface area contributed by atoms with Crippen molar-refractivity contribution in [3.05, 3.63) is 5.82 Å². The maximum absolute atomic E-state index is 5.84. The summed E-state index contributed by atoms with van der Waals surface area (Å²) in [5.74, 6) is 1.90. The highest BCUT2D eigenvalue weighted by molar-refractivity contribution is 5.26. The second-order valence-electron chi connectivity index (χ2n) is 4.68. The zero-order valence-corrected chi connectivity index (χ0v) is 10.1. The van der Waals surface area contributed by atoms with E-state index in [0.717, 1.165) is 18.2 Å². The molecule has 0 aromatic carbocycles. The Morgan fingerprint density at radius 3 is 2.69 bits per heavy atom. The molecular formula is C11H21N5. The third kappa shape index (κ3) is 2.19. The summed E-state index contributed by atoms with van der Waals surface area (Å²) >= 11 is 0. The van der Waals surface area contributed by atoms with Crippen LogP contribution in [0.25, 0.3) is 0 Å². The summed E-state index contributed by atoms with van der Waals surface area (Å²) in [7, 11) is 1.89. The highest BCUT2D eigenvalue weighted by atomic mass is 15.4. The molecule has 1 aromatic rings. The standard InChI is InChI=1S/C11H21N5/c1-8(12)7-10-14-15-11(13-2)16(10)9-5-3-4-6-9/h8-9H,3-7,12H2,1-2H3,(H,13,15). The van der Waals surface area contributed by atoms with Crippen LogP contribution >= 0.6 is 0 Å². The van der Waals surface area contributed by atoms with Gasteiger partial charge in [0.1, 0.15) is 5.82 Å². The number of hydrogen-bond donors (Lipinski definition) is 2. The smallest absolute Gasteiger partial charge is 0.224 e. The summed E-state index contributed by atoms with van der Waals surface area (Å²) in [6, 6.07) is 0.695. The highest BCUT2D eigenvalue weighted by Gasteiger charge is 2.23. The van der Waals surface area contributed by atoms with Gasteiger partial charge in [-0.2, -0.15) is 0 Å². The van der Waals surface area contributed by atoms with Crippen molar-refractivity contribution in [1.29, 1.82) is 0 Å². The van der Waals surface area contributed by atoms with Gasteiger partial charge in [-0.15, -0.1) is 10.2 Å². The molecule has 1 heterocycles. The van der Waals surface area contributed by atoms with Gasteiger partial charge in [0.25, 0.3) is 0 Å². The average Bonchev–Trinajstić information content (AvgIpc) is 2.84. The van der Waals surface area contributed by atoms with E-state index in [1.165, 1.54) is 25.7 Å². The van der Waals surface area contributed by atoms with E-state index in [1.807, 2.05) is 14.0 Å². The van der Waals surface area contributed by atoms with E-state index in [-0.39, 0.29) is 6.04 Å². The van der Waals surface area contributed by atoms with E-state index < -0.39 is 0 Å². The average molecular weight is 223 g/mol. The lowest BCUT2D eigenvalue weighted by Crippen LogP contribution is -2.22. The Kier molecular flexibility index (Phi) is 3.43. The molecule has 1 fully saturated rings. The van der Waals surface area contributed by atoms with Gasteiger partial charge in [-0.1, -0.05) is 12.8 Å². The monoisotopic (exact) mass is 223 g/mol. The summed E-state index contributed by atoms with van der Waals surface area (Å²) < 4.78 is 2.25. The van der Waals surface area contributed by atoms with E-state index in [9.17, 15) is 0 Å². The minimum atomic E-state index is 0.133. The van der Waals surface area contributed by atoms with Crippen LogP contribution in [0.2, 0.25) is 0 Å². The topological polar surface area (TPSA) is 68.8 Å². The van der Waals surface area contributed by atoms with Crippen molar-refractivity contribution in [1.82, 2.24) is 14.8 Å². The Hall–Kier alpha value is -1.10. The molecule has 0 spiro atoms. The van der Waals surface area contributed by atoms with Gasteiger partial charge in [0.05, 0.1) is 0 Å². The Bertz CT molecular complexity index is 338. The van der Waals surface area contributed by atoms with E-state index >= 15 is 0 Å². The lowest BCUT2D eigenvalue weighted by Gasteiger charge is -2.17. The number of nitrogens with two attached hydrogens (primary N) is 1. The molecule has 1 atom stereocenters. The Balaban J connectivity index is 2.26. The van der Waals surface area contributed by atoms with Crippen LogP contribution in [0.4, 0.5) is 5.95 Å². The molecule has 0 saturated heterocycles. The van der Waals surface area contributed by atoms with Gasteiger partial charge >= 0.3 is 0 Å². The summed E-state index contributed by atoms with van der Waals surface area (Å²) in [5.41, 5.74) is 5.84. The Morgan fingerprint density at radius 1 is 1.44 bits per heavy atom. The molecule has 1 aliphatic carbocycles. The molecule has 5 nitrogen and oxygen atoms in total. The van der Waals surface area contributed by atoms with Crippen molar-refractivity contribution in [2.24, 2.45) is 5.73 Å². The van der Waals surface area contributed by atoms with Gasteiger partial charge in [0.15, 0.2) is 0 Å². The fraction of sp³-hybridized carbons (Fsp3) is 0.818. The molecular weight excluding hydrogens is 202 g/mol. The molecule has 16 heavy (non-hydrogen) atoms. The molecule has 3 N–H and O–H groups in total. The van der Waals surface area contributed by atoms with Crippen LogP contribution in [0.15, 0.2) is 0 Å². The van der Waals surface area contributed by atoms with Crippen LogP contribution < -0.4 is 11.1 Å². The maximum Gasteiger partial charge on any atom is 0.224 e. The van der Waals surface area contributed by atoms with E-state index in [4.69, 9.17) is 5.73 Å². The summed E-state index contributed by atoms with van der Waals surface area (Å²) in [5, 5.41) is 11.5. The molecule has 1 aromatic heterocycles. The normalized spacial score (nSPS) is 18.9. The van der Waals surface area contributed by atoms with Crippen LogP contribution in [0.3, 0.4) is 0 Å². The minimum Gasteiger partial charge on any atom is -0.357 e. The molecule has 1 unspecified atom stereocenters. The van der Waals surface area contributed by atoms with Crippen LogP contribution in [0.5, 0.6) is 0 Å². The predicted octanol–water partition coefficient (Wildman–Crippen LogP) is 1.32. The van der Waals surface area contributed by atoms with E-state index in [2.05, 4.69) is 20.1 Å². The van der Waals surface area contributed by atoms with E-state index in [0.29, 0.717) is 6.04 Å². The number of hydrogen-bond acceptors (Lipinski definition) is 4. The summed E-state index contributed by atoms with van der Waals surface area (Å²) in [6.07, 6.45) is 5.88. The zero-order valence-electron chi connectivity index (χ0n) is 10.1. The second-order valence-corrected chi connectivity index (χ2v) is 4.68. The summed E-state index contributed by atoms with van der Waals surface area (Å²) in [4.78, 5) is 0. The minimum absolute atomic E-state index is 0.133. The van der Waals surface area contributed by atoms with Gasteiger partial charge in [-0.25, -0.2) is 0 Å². The number of nitrogens with one attached hydrogen (secondary N) is 1. The predicted molar refractivity (Wildman–Crippen MR) is 64.4 cm³/mol. The molecule has 0 amide bonds. The number of nitrogens with zero attached hydrogens (tertiary/aromatic N) is 3. The molecule has 0 aliphatic heterocycles. The summed E-state index contributed by atoms with van der Waals surface area (Å²) in [6.45, 7) is 2.01. The van der Waals surface area contributed by atoms with Crippen molar-refractivity contribution >= 4 is 5.95 Å². The van der Waals surface area contributed by atoms with Crippen LogP contribution in [0, 0.1) is 0 Å². The fourth-order valence-corrected chi connectivity index (χ4v) is 2.47. The van der Waals surface area contributed by atoms with Gasteiger partial charge in [-0.05, 0) is 19.8 Å². The quantitative estimate of drug-likeness (QED) is 0.808. The zero-order chi connectivity index (χ0) is 11.5. The largest absolute Gasteiger partial charge is 0.357 e. The molecule has 1 aliphatic rings. The SMILES string of the molecule is CNc1nnc(CC(C)N)n1C1CCCC1. The number of anilines is 1. The number of rotatable bonds is 4. The first-order chi connectivity index (χ1) is 7.72. The third-order valence-corrected chi connectivity index (χ3v) is 3.18. The highest BCUT2D eigenvalue weighted by Crippen LogP contribution is 2.32. The molecule has 1 saturated carbocycles. The lowest BCUT2D eigenvalue weighted by molar-refractivity contribution is 0.493. The molecule has 0 bridgehead atoms. The first-order valence-corrected chi connectivity index (χ1v) is 6.09. The van der Waals surface area contributed by atoms with Crippen molar-refractivity contribution in [2.45, 2.75) is 51.1 Å². The Labute approximate surface area is 96.4 Å². The molecule has 5 heteroatoms. The van der Waals surface area contributed by atoms with Crippen molar-refractivity contribution in [3.8, 4) is 0 Å². The fourth-order valence-electron chi connectivity index (χ4n) is 2.47. The first-order valence-electron chi connectivity index (χ1n) is 6.09. The van der Waals surface area contributed by atoms with E-state index in [1.54, 1.807) is 0 Å². The van der Waals surface area contributed by atoms with Crippen LogP contribution in [-0.2, 0) is 6.42 Å². The van der Waals surface area contributed by atoms with Crippen molar-refractivity contribution in [3.63, 3.8) is 0 Å². The molecule has 0 radical (unpaired) electrons. The number of aromatic nitrogens is 3. The van der Waals surface area contributed by atoms with Crippen molar-refractivity contribution < 1.29 is 0 Å². The first kappa shape index (κ1) is 11.4. The lowest BCUT2D eigenvalue weighted by atomic mass is 10.2. The third-order valence-electron chi connectivity index (χ3n) is 3.18. The van der Waals surface area contributed by atoms with Gasteiger partial charge in [-0.3, -0.25) is 4.57 Å².